The number of nitrogens with one attached hydrogen (secondary N) is 6. The fourth-order valence-electron chi connectivity index (χ4n) is 8.59. The van der Waals surface area contributed by atoms with Crippen molar-refractivity contribution in [1.82, 2.24) is 41.9 Å². The lowest BCUT2D eigenvalue weighted by molar-refractivity contribution is -0.139. The molecule has 0 aliphatic heterocycles. The fraction of sp³-hybridized carbons (Fsp3) is 0.526. The van der Waals surface area contributed by atoms with Gasteiger partial charge in [0.25, 0.3) is 11.8 Å². The van der Waals surface area contributed by atoms with Crippen molar-refractivity contribution >= 4 is 108 Å². The Morgan fingerprint density at radius 3 is 0.917 bits per heavy atom. The quantitative estimate of drug-likeness (QED) is 0.0101. The zero-order valence-corrected chi connectivity index (χ0v) is 68.1. The van der Waals surface area contributed by atoms with Gasteiger partial charge in [0.1, 0.15) is 10.1 Å². The number of hydrogen-bond donors (Lipinski definition) is 8. The number of hydrogen-bond acceptors (Lipinski definition) is 17. The van der Waals surface area contributed by atoms with E-state index in [0.717, 1.165) is 73.2 Å². The summed E-state index contributed by atoms with van der Waals surface area (Å²) >= 11 is 0. The Morgan fingerprint density at radius 2 is 0.592 bits per heavy atom. The van der Waals surface area contributed by atoms with Crippen LogP contribution in [0.1, 0.15) is 318 Å². The van der Waals surface area contributed by atoms with Gasteiger partial charge < -0.3 is 42.1 Å². The average molecular weight is 1750 g/mol. The van der Waals surface area contributed by atoms with Gasteiger partial charge in [-0.15, -0.1) is 0 Å². The molecular weight excluding hydrogens is 1590 g/mol. The molecule has 1 aliphatic carbocycles. The lowest BCUT2D eigenvalue weighted by atomic mass is 9.83. The SMILES string of the molecule is C.C.C.C.C.C.C.C.C.C.C.C.CCC(C)CNC(=O)CCC(=O)O.CCC(C)CNC(=O)CCC(=O)O.CCC(C)CNC(=O)CCSSc1ccccn1.CCC(C)CNC(=O)CCSSc1ccccn1.CCC(C)CNC(=O)c1ccc(C(=O)c2ccccc2)cc1.CCC(C)CNC(=O)c1ccc2c(c1)C(=O)c1ccccc1C2=O. The molecule has 21 nitrogen and oxygen atoms in total. The van der Waals surface area contributed by atoms with Crippen molar-refractivity contribution in [2.75, 3.05) is 50.8 Å². The van der Waals surface area contributed by atoms with E-state index in [4.69, 9.17) is 10.2 Å². The maximum Gasteiger partial charge on any atom is 0.303 e. The van der Waals surface area contributed by atoms with Crippen LogP contribution in [0.2, 0.25) is 0 Å². The van der Waals surface area contributed by atoms with E-state index in [1.165, 1.54) is 6.07 Å². The van der Waals surface area contributed by atoms with E-state index in [2.05, 4.69) is 97.3 Å². The lowest BCUT2D eigenvalue weighted by Crippen LogP contribution is -2.29. The van der Waals surface area contributed by atoms with Crippen LogP contribution in [-0.2, 0) is 28.8 Å². The van der Waals surface area contributed by atoms with Crippen LogP contribution in [0.25, 0.3) is 0 Å². The average Bonchev–Trinajstić information content (AvgIpc) is 0.759. The highest BCUT2D eigenvalue weighted by molar-refractivity contribution is 8.77. The van der Waals surface area contributed by atoms with Gasteiger partial charge in [-0.2, -0.15) is 0 Å². The second-order valence-electron chi connectivity index (χ2n) is 26.4. The van der Waals surface area contributed by atoms with Crippen LogP contribution < -0.4 is 31.9 Å². The molecule has 8 N–H and O–H groups in total. The molecule has 7 rings (SSSR count). The third-order valence-electron chi connectivity index (χ3n) is 17.1. The van der Waals surface area contributed by atoms with E-state index in [-0.39, 0.29) is 168 Å². The molecule has 4 aromatic carbocycles. The first-order valence-electron chi connectivity index (χ1n) is 37.2. The van der Waals surface area contributed by atoms with Gasteiger partial charge in [-0.05, 0) is 112 Å². The summed E-state index contributed by atoms with van der Waals surface area (Å²) in [5.74, 6) is 1.82. The molecule has 6 aromatic rings. The van der Waals surface area contributed by atoms with Crippen LogP contribution in [0.15, 0.2) is 156 Å². The Kier molecular flexibility index (Phi) is 89.9. The molecule has 0 radical (unpaired) electrons. The Bertz CT molecular complexity index is 3590. The van der Waals surface area contributed by atoms with Gasteiger partial charge in [-0.1, -0.05) is 311 Å². The summed E-state index contributed by atoms with van der Waals surface area (Å²) in [6, 6.07) is 39.1. The van der Waals surface area contributed by atoms with Crippen LogP contribution >= 0.6 is 43.2 Å². The summed E-state index contributed by atoms with van der Waals surface area (Å²) in [4.78, 5) is 135. The molecule has 0 saturated carbocycles. The smallest absolute Gasteiger partial charge is 0.303 e. The molecule has 0 bridgehead atoms. The van der Waals surface area contributed by atoms with Gasteiger partial charge in [-0.25, -0.2) is 9.97 Å². The number of nitrogens with zero attached hydrogens (tertiary/aromatic N) is 2. The minimum atomic E-state index is -0.932. The summed E-state index contributed by atoms with van der Waals surface area (Å²) in [5.41, 5.74) is 3.69. The first kappa shape index (κ1) is 135. The zero-order valence-electron chi connectivity index (χ0n) is 64.9. The molecule has 6 unspecified atom stereocenters. The molecule has 25 heteroatoms. The normalized spacial score (nSPS) is 11.2. The standard InChI is InChI=1S/C20H19NO3.C19H21NO2.2C13H20N2OS2.2C9H17NO3.12CH4/c1-3-12(2)11-21-20(24)13-8-9-16-17(10-13)19(23)15-7-5-4-6-14(15)18(16)22;1-3-14(2)13-20-19(22)17-11-9-16(10-12-17)18(21)15-7-5-4-6-8-15;2*1-3-11(2)10-15-12(16)7-9-17-18-13-6-4-5-8-14-13;2*1-3-7(2)6-10-8(11)4-5-9(12)13;;;;;;;;;;;;/h4-10,12H,3,11H2,1-2H3,(H,21,24);4-12,14H,3,13H2,1-2H3,(H,20,22);2*4-6,8,11H,3,7,9-10H2,1-2H3,(H,15,16);2*7H,3-6H2,1-2H3,(H,10,11)(H,12,13);12*1H4. The van der Waals surface area contributed by atoms with Crippen molar-refractivity contribution < 1.29 is 63.0 Å². The van der Waals surface area contributed by atoms with Crippen molar-refractivity contribution in [2.24, 2.45) is 35.5 Å². The molecule has 2 aromatic heterocycles. The van der Waals surface area contributed by atoms with E-state index in [0.29, 0.717) is 119 Å². The second-order valence-corrected chi connectivity index (χ2v) is 31.3. The fourth-order valence-corrected chi connectivity index (χ4v) is 12.3. The maximum absolute atomic E-state index is 12.7. The number of carbonyl (C=O) groups is 11. The van der Waals surface area contributed by atoms with Gasteiger partial charge in [0, 0.05) is 133 Å². The molecule has 684 valence electrons. The number of carboxylic acids is 2. The highest BCUT2D eigenvalue weighted by Gasteiger charge is 2.30. The lowest BCUT2D eigenvalue weighted by Gasteiger charge is -2.18. The maximum atomic E-state index is 12.7. The molecule has 2 heterocycles. The molecule has 1 aliphatic rings. The third-order valence-corrected chi connectivity index (χ3v) is 21.7. The number of amides is 6. The number of aromatic nitrogens is 2. The Morgan fingerprint density at radius 1 is 0.317 bits per heavy atom. The molecule has 6 atom stereocenters. The topological polar surface area (TPSA) is 326 Å². The minimum absolute atomic E-state index is 0. The van der Waals surface area contributed by atoms with Crippen molar-refractivity contribution in [2.45, 2.75) is 259 Å². The van der Waals surface area contributed by atoms with E-state index < -0.39 is 11.9 Å². The number of fused-ring (bicyclic) bond motifs is 2. The highest BCUT2D eigenvalue weighted by atomic mass is 33.1. The summed E-state index contributed by atoms with van der Waals surface area (Å²) in [6.45, 7) is 29.2. The van der Waals surface area contributed by atoms with Crippen molar-refractivity contribution in [3.8, 4) is 0 Å². The molecule has 0 spiro atoms. The zero-order chi connectivity index (χ0) is 80.2. The van der Waals surface area contributed by atoms with Gasteiger partial charge in [0.15, 0.2) is 17.3 Å². The number of ketones is 3. The number of aliphatic carboxylic acids is 2. The number of pyridine rings is 2. The molecular formula is C95H162N8O13S4. The summed E-state index contributed by atoms with van der Waals surface area (Å²) in [7, 11) is 6.57. The Labute approximate surface area is 743 Å². The largest absolute Gasteiger partial charge is 0.481 e. The highest BCUT2D eigenvalue weighted by Crippen LogP contribution is 2.31. The number of rotatable bonds is 38. The first-order valence-corrected chi connectivity index (χ1v) is 41.8. The Balaban J connectivity index is -0.000000131. The molecule has 0 fully saturated rings. The van der Waals surface area contributed by atoms with Crippen LogP contribution in [-0.4, -0.2) is 136 Å². The van der Waals surface area contributed by atoms with Crippen molar-refractivity contribution in [3.63, 3.8) is 0 Å². The first-order chi connectivity index (χ1) is 51.7. The predicted molar refractivity (Wildman–Crippen MR) is 518 cm³/mol. The van der Waals surface area contributed by atoms with Gasteiger partial charge in [0.2, 0.25) is 23.6 Å². The van der Waals surface area contributed by atoms with Gasteiger partial charge >= 0.3 is 11.9 Å². The van der Waals surface area contributed by atoms with E-state index in [9.17, 15) is 52.7 Å². The van der Waals surface area contributed by atoms with E-state index in [1.54, 1.807) is 128 Å². The predicted octanol–water partition coefficient (Wildman–Crippen LogP) is 23.3. The monoisotopic (exact) mass is 1750 g/mol. The van der Waals surface area contributed by atoms with Gasteiger partial charge in [-0.3, -0.25) is 52.7 Å². The minimum Gasteiger partial charge on any atom is -0.481 e. The van der Waals surface area contributed by atoms with Crippen LogP contribution in [0.3, 0.4) is 0 Å². The number of carboxylic acid groups (broad SMARTS) is 2. The summed E-state index contributed by atoms with van der Waals surface area (Å²) in [6.07, 6.45) is 10.9. The van der Waals surface area contributed by atoms with Crippen molar-refractivity contribution in [3.05, 3.63) is 190 Å². The summed E-state index contributed by atoms with van der Waals surface area (Å²) in [5, 5.41) is 35.6. The van der Waals surface area contributed by atoms with Crippen molar-refractivity contribution in [1.29, 1.82) is 0 Å². The molecule has 0 saturated heterocycles. The number of carbonyl (C=O) groups excluding carboxylic acids is 9. The van der Waals surface area contributed by atoms with E-state index >= 15 is 0 Å². The number of benzene rings is 4. The summed E-state index contributed by atoms with van der Waals surface area (Å²) < 4.78 is 0. The van der Waals surface area contributed by atoms with Crippen LogP contribution in [0, 0.1) is 35.5 Å². The molecule has 6 amide bonds. The van der Waals surface area contributed by atoms with Gasteiger partial charge in [0.05, 0.1) is 12.8 Å². The third kappa shape index (κ3) is 59.1. The second kappa shape index (κ2) is 80.1. The van der Waals surface area contributed by atoms with Crippen LogP contribution in [0.5, 0.6) is 0 Å². The van der Waals surface area contributed by atoms with E-state index in [1.807, 2.05) is 82.3 Å². The van der Waals surface area contributed by atoms with Crippen LogP contribution in [0.4, 0.5) is 0 Å². The Hall–Kier alpha value is -8.65. The molecule has 120 heavy (non-hydrogen) atoms.